The van der Waals surface area contributed by atoms with Crippen LogP contribution in [0.25, 0.3) is 0 Å². The van der Waals surface area contributed by atoms with Crippen LogP contribution in [-0.2, 0) is 14.9 Å². The monoisotopic (exact) mass is 296 g/mol. The number of hydrogen-bond donors (Lipinski definition) is 0. The Kier molecular flexibility index (Phi) is 4.52. The lowest BCUT2D eigenvalue weighted by Crippen LogP contribution is -2.27. The fraction of sp³-hybridized carbons (Fsp3) is 0.357. The van der Waals surface area contributed by atoms with Crippen LogP contribution in [0.15, 0.2) is 40.9 Å². The van der Waals surface area contributed by atoms with Gasteiger partial charge in [0.1, 0.15) is 0 Å². The Morgan fingerprint density at radius 1 is 1.53 bits per heavy atom. The van der Waals surface area contributed by atoms with E-state index >= 15 is 0 Å². The predicted octanol–water partition coefficient (Wildman–Crippen LogP) is 3.85. The summed E-state index contributed by atoms with van der Waals surface area (Å²) < 4.78 is 5.75. The maximum Gasteiger partial charge on any atom is 0.306 e. The Bertz CT molecular complexity index is 440. The minimum atomic E-state index is -0.392. The molecular weight excluding hydrogens is 280 g/mol. The molecule has 0 saturated heterocycles. The van der Waals surface area contributed by atoms with Crippen molar-refractivity contribution >= 4 is 21.9 Å². The normalized spacial score (nSPS) is 13.9. The number of ether oxygens (including phenoxy) is 1. The van der Waals surface area contributed by atoms with Gasteiger partial charge in [-0.1, -0.05) is 47.1 Å². The number of carbonyl (C=O) groups is 1. The third-order valence-corrected chi connectivity index (χ3v) is 3.62. The number of hydrogen-bond acceptors (Lipinski definition) is 2. The van der Waals surface area contributed by atoms with Crippen LogP contribution in [0.3, 0.4) is 0 Å². The Labute approximate surface area is 111 Å². The molecule has 0 radical (unpaired) electrons. The summed E-state index contributed by atoms with van der Waals surface area (Å²) in [6.07, 6.45) is 0.301. The second-order valence-electron chi connectivity index (χ2n) is 4.38. The van der Waals surface area contributed by atoms with Gasteiger partial charge in [0.05, 0.1) is 13.5 Å². The van der Waals surface area contributed by atoms with Gasteiger partial charge in [0.15, 0.2) is 0 Å². The van der Waals surface area contributed by atoms with E-state index in [1.54, 1.807) is 0 Å². The van der Waals surface area contributed by atoms with Gasteiger partial charge in [0.25, 0.3) is 0 Å². The average Bonchev–Trinajstić information content (AvgIpc) is 2.28. The van der Waals surface area contributed by atoms with Crippen LogP contribution < -0.4 is 0 Å². The Morgan fingerprint density at radius 2 is 2.18 bits per heavy atom. The lowest BCUT2D eigenvalue weighted by atomic mass is 9.74. The molecule has 0 aliphatic rings. The Hall–Kier alpha value is -1.09. The lowest BCUT2D eigenvalue weighted by Gasteiger charge is -2.30. The molecule has 0 bridgehead atoms. The topological polar surface area (TPSA) is 26.3 Å². The molecule has 0 aliphatic heterocycles. The van der Waals surface area contributed by atoms with Crippen molar-refractivity contribution in [3.8, 4) is 0 Å². The predicted molar refractivity (Wildman–Crippen MR) is 72.9 cm³/mol. The third-order valence-electron chi connectivity index (χ3n) is 3.13. The first-order chi connectivity index (χ1) is 7.90. The molecule has 92 valence electrons. The molecular formula is C14H17BrO2. The van der Waals surface area contributed by atoms with Crippen LogP contribution in [0.4, 0.5) is 0 Å². The number of allylic oxidation sites excluding steroid dienone is 1. The van der Waals surface area contributed by atoms with E-state index in [0.717, 1.165) is 15.6 Å². The number of halogens is 1. The Balaban J connectivity index is 3.16. The highest BCUT2D eigenvalue weighted by molar-refractivity contribution is 9.10. The molecule has 0 amide bonds. The van der Waals surface area contributed by atoms with Crippen molar-refractivity contribution in [2.75, 3.05) is 7.11 Å². The molecule has 0 aromatic heterocycles. The summed E-state index contributed by atoms with van der Waals surface area (Å²) >= 11 is 3.44. The summed E-state index contributed by atoms with van der Waals surface area (Å²) in [5, 5.41) is 0. The summed E-state index contributed by atoms with van der Waals surface area (Å²) in [4.78, 5) is 11.5. The number of methoxy groups -OCH3 is 1. The second kappa shape index (κ2) is 5.50. The van der Waals surface area contributed by atoms with Crippen molar-refractivity contribution in [1.29, 1.82) is 0 Å². The smallest absolute Gasteiger partial charge is 0.306 e. The molecule has 3 heteroatoms. The van der Waals surface area contributed by atoms with Crippen LogP contribution >= 0.6 is 15.9 Å². The fourth-order valence-corrected chi connectivity index (χ4v) is 2.09. The summed E-state index contributed by atoms with van der Waals surface area (Å²) in [5.74, 6) is -0.226. The highest BCUT2D eigenvalue weighted by Gasteiger charge is 2.31. The number of benzene rings is 1. The number of esters is 1. The van der Waals surface area contributed by atoms with Crippen molar-refractivity contribution in [3.05, 3.63) is 46.5 Å². The van der Waals surface area contributed by atoms with Crippen LogP contribution in [0, 0.1) is 0 Å². The highest BCUT2D eigenvalue weighted by atomic mass is 79.9. The van der Waals surface area contributed by atoms with Crippen molar-refractivity contribution < 1.29 is 9.53 Å². The molecule has 0 spiro atoms. The van der Waals surface area contributed by atoms with E-state index in [9.17, 15) is 4.79 Å². The quantitative estimate of drug-likeness (QED) is 0.623. The fourth-order valence-electron chi connectivity index (χ4n) is 1.69. The first kappa shape index (κ1) is 14.0. The second-order valence-corrected chi connectivity index (χ2v) is 5.29. The van der Waals surface area contributed by atoms with E-state index in [1.807, 2.05) is 38.1 Å². The molecule has 0 fully saturated rings. The van der Waals surface area contributed by atoms with Crippen LogP contribution in [0.2, 0.25) is 0 Å². The van der Waals surface area contributed by atoms with E-state index in [2.05, 4.69) is 22.5 Å². The zero-order valence-electron chi connectivity index (χ0n) is 10.4. The lowest BCUT2D eigenvalue weighted by molar-refractivity contribution is -0.141. The maximum atomic E-state index is 11.5. The SMILES string of the molecule is C=C(C)C(C)(CC(=O)OC)c1cccc(Br)c1. The van der Waals surface area contributed by atoms with Gasteiger partial charge in [-0.15, -0.1) is 0 Å². The van der Waals surface area contributed by atoms with Gasteiger partial charge >= 0.3 is 5.97 Å². The van der Waals surface area contributed by atoms with Crippen molar-refractivity contribution in [2.24, 2.45) is 0 Å². The molecule has 0 saturated carbocycles. The molecule has 17 heavy (non-hydrogen) atoms. The molecule has 0 N–H and O–H groups in total. The standard InChI is InChI=1S/C14H17BrO2/c1-10(2)14(3,9-13(16)17-4)11-6-5-7-12(15)8-11/h5-8H,1,9H2,2-4H3. The molecule has 1 aromatic rings. The Morgan fingerprint density at radius 3 is 2.65 bits per heavy atom. The van der Waals surface area contributed by atoms with Crippen LogP contribution in [0.5, 0.6) is 0 Å². The van der Waals surface area contributed by atoms with Crippen molar-refractivity contribution in [1.82, 2.24) is 0 Å². The third kappa shape index (κ3) is 3.19. The zero-order valence-corrected chi connectivity index (χ0v) is 12.0. The molecule has 1 unspecified atom stereocenters. The van der Waals surface area contributed by atoms with Gasteiger partial charge in [-0.2, -0.15) is 0 Å². The zero-order chi connectivity index (χ0) is 13.1. The van der Waals surface area contributed by atoms with Gasteiger partial charge in [-0.05, 0) is 24.6 Å². The molecule has 0 heterocycles. The first-order valence-electron chi connectivity index (χ1n) is 5.39. The van der Waals surface area contributed by atoms with Gasteiger partial charge in [-0.3, -0.25) is 4.79 Å². The highest BCUT2D eigenvalue weighted by Crippen LogP contribution is 2.35. The van der Waals surface area contributed by atoms with E-state index in [1.165, 1.54) is 7.11 Å². The van der Waals surface area contributed by atoms with Gasteiger partial charge in [0, 0.05) is 9.89 Å². The molecule has 1 atom stereocenters. The minimum Gasteiger partial charge on any atom is -0.469 e. The molecule has 1 rings (SSSR count). The van der Waals surface area contributed by atoms with Crippen molar-refractivity contribution in [2.45, 2.75) is 25.7 Å². The molecule has 1 aromatic carbocycles. The van der Waals surface area contributed by atoms with E-state index in [4.69, 9.17) is 4.74 Å². The van der Waals surface area contributed by atoms with E-state index < -0.39 is 5.41 Å². The minimum absolute atomic E-state index is 0.226. The number of carbonyl (C=O) groups excluding carboxylic acids is 1. The largest absolute Gasteiger partial charge is 0.469 e. The number of rotatable bonds is 4. The van der Waals surface area contributed by atoms with Crippen LogP contribution in [-0.4, -0.2) is 13.1 Å². The summed E-state index contributed by atoms with van der Waals surface area (Å²) in [6, 6.07) is 7.93. The van der Waals surface area contributed by atoms with Crippen molar-refractivity contribution in [3.63, 3.8) is 0 Å². The van der Waals surface area contributed by atoms with Crippen LogP contribution in [0.1, 0.15) is 25.8 Å². The summed E-state index contributed by atoms with van der Waals surface area (Å²) in [7, 11) is 1.40. The molecule has 2 nitrogen and oxygen atoms in total. The van der Waals surface area contributed by atoms with Gasteiger partial charge in [-0.25, -0.2) is 0 Å². The molecule has 0 aliphatic carbocycles. The maximum absolute atomic E-state index is 11.5. The van der Waals surface area contributed by atoms with E-state index in [0.29, 0.717) is 6.42 Å². The summed E-state index contributed by atoms with van der Waals surface area (Å²) in [5.41, 5.74) is 1.61. The first-order valence-corrected chi connectivity index (χ1v) is 6.18. The average molecular weight is 297 g/mol. The van der Waals surface area contributed by atoms with E-state index in [-0.39, 0.29) is 5.97 Å². The van der Waals surface area contributed by atoms with Gasteiger partial charge < -0.3 is 4.74 Å². The summed E-state index contributed by atoms with van der Waals surface area (Å²) in [6.45, 7) is 7.94. The van der Waals surface area contributed by atoms with Gasteiger partial charge in [0.2, 0.25) is 0 Å².